The Kier molecular flexibility index (Phi) is 6.55. The molecule has 0 saturated heterocycles. The molecule has 19 heavy (non-hydrogen) atoms. The van der Waals surface area contributed by atoms with Gasteiger partial charge in [-0.05, 0) is 30.6 Å². The van der Waals surface area contributed by atoms with Crippen molar-refractivity contribution in [1.29, 1.82) is 0 Å². The lowest BCUT2D eigenvalue weighted by atomic mass is 10.2. The molecule has 108 valence electrons. The van der Waals surface area contributed by atoms with E-state index in [9.17, 15) is 12.8 Å². The molecule has 0 saturated carbocycles. The zero-order valence-electron chi connectivity index (χ0n) is 10.3. The Morgan fingerprint density at radius 1 is 1.47 bits per heavy atom. The average Bonchev–Trinajstić information content (AvgIpc) is 2.37. The number of benzene rings is 1. The fourth-order valence-corrected chi connectivity index (χ4v) is 3.13. The van der Waals surface area contributed by atoms with Gasteiger partial charge in [-0.25, -0.2) is 17.5 Å². The highest BCUT2D eigenvalue weighted by atomic mass is 35.5. The summed E-state index contributed by atoms with van der Waals surface area (Å²) in [5, 5.41) is 8.75. The van der Waals surface area contributed by atoms with Gasteiger partial charge in [-0.3, -0.25) is 0 Å². The van der Waals surface area contributed by atoms with E-state index in [2.05, 4.69) is 4.72 Å². The molecule has 1 rings (SSSR count). The van der Waals surface area contributed by atoms with Crippen molar-refractivity contribution >= 4 is 33.4 Å². The highest BCUT2D eigenvalue weighted by Gasteiger charge is 2.18. The fraction of sp³-hybridized carbons (Fsp3) is 0.455. The van der Waals surface area contributed by atoms with E-state index in [0.29, 0.717) is 6.42 Å². The molecule has 0 heterocycles. The third-order valence-electron chi connectivity index (χ3n) is 2.38. The first-order valence-electron chi connectivity index (χ1n) is 5.49. The second-order valence-electron chi connectivity index (χ2n) is 3.78. The van der Waals surface area contributed by atoms with Gasteiger partial charge in [-0.2, -0.15) is 11.8 Å². The smallest absolute Gasteiger partial charge is 0.240 e. The summed E-state index contributed by atoms with van der Waals surface area (Å²) < 4.78 is 39.7. The van der Waals surface area contributed by atoms with E-state index in [1.807, 2.05) is 6.26 Å². The van der Waals surface area contributed by atoms with Crippen LogP contribution >= 0.6 is 23.4 Å². The molecule has 1 aromatic carbocycles. The number of thioether (sulfide) groups is 1. The van der Waals surface area contributed by atoms with Gasteiger partial charge in [0, 0.05) is 12.1 Å². The Hall–Kier alpha value is -0.340. The Bertz CT molecular complexity index is 537. The van der Waals surface area contributed by atoms with E-state index in [1.165, 1.54) is 6.07 Å². The van der Waals surface area contributed by atoms with Crippen LogP contribution in [0.5, 0.6) is 0 Å². The molecule has 8 heteroatoms. The predicted molar refractivity (Wildman–Crippen MR) is 75.5 cm³/mol. The Morgan fingerprint density at radius 2 is 2.16 bits per heavy atom. The van der Waals surface area contributed by atoms with Crippen LogP contribution in [0.15, 0.2) is 17.0 Å². The monoisotopic (exact) mass is 327 g/mol. The number of halogens is 2. The Morgan fingerprint density at radius 3 is 2.74 bits per heavy atom. The molecule has 0 radical (unpaired) electrons. The molecule has 0 aliphatic heterocycles. The number of rotatable bonds is 7. The maximum absolute atomic E-state index is 13.5. The molecule has 0 atom stereocenters. The van der Waals surface area contributed by atoms with E-state index in [0.717, 1.165) is 11.8 Å². The zero-order chi connectivity index (χ0) is 14.5. The van der Waals surface area contributed by atoms with Gasteiger partial charge >= 0.3 is 0 Å². The maximum atomic E-state index is 13.5. The van der Waals surface area contributed by atoms with Crippen molar-refractivity contribution < 1.29 is 17.9 Å². The lowest BCUT2D eigenvalue weighted by molar-refractivity contribution is 0.281. The van der Waals surface area contributed by atoms with Crippen molar-refractivity contribution in [2.24, 2.45) is 0 Å². The molecule has 0 spiro atoms. The van der Waals surface area contributed by atoms with Crippen LogP contribution in [-0.2, 0) is 16.6 Å². The van der Waals surface area contributed by atoms with E-state index < -0.39 is 22.4 Å². The lowest BCUT2D eigenvalue weighted by Gasteiger charge is -2.09. The second-order valence-corrected chi connectivity index (χ2v) is 6.91. The molecule has 4 nitrogen and oxygen atoms in total. The summed E-state index contributed by atoms with van der Waals surface area (Å²) in [6.45, 7) is -0.243. The summed E-state index contributed by atoms with van der Waals surface area (Å²) in [6, 6.07) is 2.01. The highest BCUT2D eigenvalue weighted by molar-refractivity contribution is 7.98. The molecule has 0 bridgehead atoms. The van der Waals surface area contributed by atoms with E-state index in [-0.39, 0.29) is 22.0 Å². The van der Waals surface area contributed by atoms with Gasteiger partial charge in [-0.1, -0.05) is 11.6 Å². The van der Waals surface area contributed by atoms with E-state index in [4.69, 9.17) is 16.7 Å². The minimum Gasteiger partial charge on any atom is -0.392 e. The van der Waals surface area contributed by atoms with Gasteiger partial charge in [0.05, 0.1) is 16.5 Å². The molecule has 2 N–H and O–H groups in total. The number of aliphatic hydroxyl groups is 1. The summed E-state index contributed by atoms with van der Waals surface area (Å²) in [5.74, 6) is -0.0305. The predicted octanol–water partition coefficient (Wildman–Crippen LogP) is 2.00. The van der Waals surface area contributed by atoms with Crippen LogP contribution in [0.4, 0.5) is 4.39 Å². The first-order chi connectivity index (χ1) is 8.92. The van der Waals surface area contributed by atoms with Gasteiger partial charge in [0.25, 0.3) is 0 Å². The number of hydrogen-bond acceptors (Lipinski definition) is 4. The van der Waals surface area contributed by atoms with Crippen molar-refractivity contribution in [1.82, 2.24) is 4.72 Å². The third-order valence-corrected chi connectivity index (χ3v) is 4.94. The molecule has 0 unspecified atom stereocenters. The second kappa shape index (κ2) is 7.44. The number of aliphatic hydroxyl groups excluding tert-OH is 1. The largest absolute Gasteiger partial charge is 0.392 e. The van der Waals surface area contributed by atoms with Crippen LogP contribution < -0.4 is 4.72 Å². The van der Waals surface area contributed by atoms with Crippen molar-refractivity contribution in [3.8, 4) is 0 Å². The van der Waals surface area contributed by atoms with Crippen molar-refractivity contribution in [2.45, 2.75) is 17.9 Å². The van der Waals surface area contributed by atoms with Crippen LogP contribution in [0, 0.1) is 5.82 Å². The number of sulfonamides is 1. The highest BCUT2D eigenvalue weighted by Crippen LogP contribution is 2.24. The molecule has 0 amide bonds. The van der Waals surface area contributed by atoms with Crippen LogP contribution in [-0.4, -0.2) is 32.1 Å². The molecule has 1 aromatic rings. The van der Waals surface area contributed by atoms with Gasteiger partial charge < -0.3 is 5.11 Å². The quantitative estimate of drug-likeness (QED) is 0.752. The maximum Gasteiger partial charge on any atom is 0.240 e. The van der Waals surface area contributed by atoms with Gasteiger partial charge in [0.2, 0.25) is 10.0 Å². The molecule has 0 aromatic heterocycles. The molecule has 0 fully saturated rings. The number of nitrogens with one attached hydrogen (secondary N) is 1. The molecular weight excluding hydrogens is 313 g/mol. The average molecular weight is 328 g/mol. The van der Waals surface area contributed by atoms with Crippen LogP contribution in [0.1, 0.15) is 12.0 Å². The topological polar surface area (TPSA) is 66.4 Å². The lowest BCUT2D eigenvalue weighted by Crippen LogP contribution is -2.25. The van der Waals surface area contributed by atoms with Gasteiger partial charge in [0.15, 0.2) is 0 Å². The summed E-state index contributed by atoms with van der Waals surface area (Å²) >= 11 is 7.22. The van der Waals surface area contributed by atoms with Crippen LogP contribution in [0.25, 0.3) is 0 Å². The first kappa shape index (κ1) is 16.7. The SMILES string of the molecule is CSCCCNS(=O)(=O)c1cc(F)c(Cl)c(CO)c1. The molecular formula is C11H15ClFNO3S2. The van der Waals surface area contributed by atoms with Gasteiger partial charge in [-0.15, -0.1) is 0 Å². The van der Waals surface area contributed by atoms with E-state index in [1.54, 1.807) is 11.8 Å². The van der Waals surface area contributed by atoms with Crippen molar-refractivity contribution in [3.05, 3.63) is 28.5 Å². The van der Waals surface area contributed by atoms with Crippen LogP contribution in [0.3, 0.4) is 0 Å². The molecule has 0 aliphatic rings. The molecule has 0 aliphatic carbocycles. The Balaban J connectivity index is 2.92. The Labute approximate surface area is 121 Å². The van der Waals surface area contributed by atoms with E-state index >= 15 is 0 Å². The summed E-state index contributed by atoms with van der Waals surface area (Å²) in [5.41, 5.74) is 0.0474. The van der Waals surface area contributed by atoms with Gasteiger partial charge in [0.1, 0.15) is 5.82 Å². The van der Waals surface area contributed by atoms with Crippen molar-refractivity contribution in [3.63, 3.8) is 0 Å². The normalized spacial score (nSPS) is 11.8. The minimum atomic E-state index is -3.78. The fourth-order valence-electron chi connectivity index (χ4n) is 1.39. The number of hydrogen-bond donors (Lipinski definition) is 2. The summed E-state index contributed by atoms with van der Waals surface area (Å²) in [4.78, 5) is -0.234. The first-order valence-corrected chi connectivity index (χ1v) is 8.75. The standard InChI is InChI=1S/C11H15ClFNO3S2/c1-18-4-2-3-14-19(16,17)9-5-8(7-15)11(12)10(13)6-9/h5-6,14-15H,2-4,7H2,1H3. The minimum absolute atomic E-state index is 0.0474. The zero-order valence-corrected chi connectivity index (χ0v) is 12.7. The summed E-state index contributed by atoms with van der Waals surface area (Å²) in [7, 11) is -3.78. The van der Waals surface area contributed by atoms with Crippen LogP contribution in [0.2, 0.25) is 5.02 Å². The van der Waals surface area contributed by atoms with Crippen molar-refractivity contribution in [2.75, 3.05) is 18.6 Å². The summed E-state index contributed by atoms with van der Waals surface area (Å²) in [6.07, 6.45) is 2.61. The third kappa shape index (κ3) is 4.61.